The predicted molar refractivity (Wildman–Crippen MR) is 58.4 cm³/mol. The van der Waals surface area contributed by atoms with E-state index in [4.69, 9.17) is 15.2 Å². The van der Waals surface area contributed by atoms with Crippen molar-refractivity contribution in [3.63, 3.8) is 0 Å². The van der Waals surface area contributed by atoms with Gasteiger partial charge >= 0.3 is 5.97 Å². The number of ether oxygens (including phenoxy) is 2. The Morgan fingerprint density at radius 1 is 1.50 bits per heavy atom. The van der Waals surface area contributed by atoms with Crippen LogP contribution in [0.2, 0.25) is 0 Å². The second-order valence-electron chi connectivity index (χ2n) is 2.92. The molecule has 16 heavy (non-hydrogen) atoms. The first kappa shape index (κ1) is 14.4. The van der Waals surface area contributed by atoms with Crippen molar-refractivity contribution in [1.29, 1.82) is 0 Å². The van der Waals surface area contributed by atoms with E-state index in [9.17, 15) is 9.59 Å². The SMILES string of the molecule is CCOC(=O)C(C=COCCN)NC(C)=O. The van der Waals surface area contributed by atoms with Gasteiger partial charge in [-0.25, -0.2) is 4.79 Å². The van der Waals surface area contributed by atoms with Crippen molar-refractivity contribution >= 4 is 11.9 Å². The van der Waals surface area contributed by atoms with Crippen molar-refractivity contribution in [2.24, 2.45) is 5.73 Å². The maximum Gasteiger partial charge on any atom is 0.332 e. The summed E-state index contributed by atoms with van der Waals surface area (Å²) in [6.07, 6.45) is 2.74. The highest BCUT2D eigenvalue weighted by Crippen LogP contribution is 1.93. The highest BCUT2D eigenvalue weighted by molar-refractivity contribution is 5.84. The Labute approximate surface area is 94.8 Å². The number of carbonyl (C=O) groups is 2. The Hall–Kier alpha value is -1.56. The lowest BCUT2D eigenvalue weighted by Gasteiger charge is -2.12. The van der Waals surface area contributed by atoms with E-state index in [0.29, 0.717) is 13.2 Å². The molecule has 0 aliphatic rings. The molecule has 0 heterocycles. The van der Waals surface area contributed by atoms with E-state index < -0.39 is 12.0 Å². The standard InChI is InChI=1S/C10H18N2O4/c1-3-16-10(14)9(12-8(2)13)4-6-15-7-5-11/h4,6,9H,3,5,7,11H2,1-2H3,(H,12,13). The average Bonchev–Trinajstić information content (AvgIpc) is 2.22. The van der Waals surface area contributed by atoms with Crippen LogP contribution in [0.1, 0.15) is 13.8 Å². The van der Waals surface area contributed by atoms with Gasteiger partial charge in [-0.15, -0.1) is 0 Å². The van der Waals surface area contributed by atoms with Crippen LogP contribution in [0.15, 0.2) is 12.3 Å². The molecule has 1 amide bonds. The third-order valence-electron chi connectivity index (χ3n) is 1.50. The van der Waals surface area contributed by atoms with Gasteiger partial charge in [0.25, 0.3) is 0 Å². The summed E-state index contributed by atoms with van der Waals surface area (Å²) in [5, 5.41) is 2.43. The zero-order valence-electron chi connectivity index (χ0n) is 9.56. The van der Waals surface area contributed by atoms with Crippen molar-refractivity contribution in [3.8, 4) is 0 Å². The van der Waals surface area contributed by atoms with Gasteiger partial charge in [-0.05, 0) is 13.0 Å². The second-order valence-corrected chi connectivity index (χ2v) is 2.92. The number of nitrogens with one attached hydrogen (secondary N) is 1. The monoisotopic (exact) mass is 230 g/mol. The number of hydrogen-bond acceptors (Lipinski definition) is 5. The minimum atomic E-state index is -0.824. The molecule has 92 valence electrons. The minimum absolute atomic E-state index is 0.256. The molecule has 0 spiro atoms. The fourth-order valence-electron chi connectivity index (χ4n) is 0.907. The van der Waals surface area contributed by atoms with Crippen molar-refractivity contribution in [2.45, 2.75) is 19.9 Å². The van der Waals surface area contributed by atoms with E-state index >= 15 is 0 Å². The molecular formula is C10H18N2O4. The molecule has 0 fully saturated rings. The van der Waals surface area contributed by atoms with Crippen LogP contribution in [0, 0.1) is 0 Å². The first-order valence-electron chi connectivity index (χ1n) is 5.03. The number of nitrogens with two attached hydrogens (primary N) is 1. The van der Waals surface area contributed by atoms with Gasteiger partial charge in [-0.3, -0.25) is 4.79 Å². The Morgan fingerprint density at radius 3 is 2.69 bits per heavy atom. The van der Waals surface area contributed by atoms with Gasteiger partial charge < -0.3 is 20.5 Å². The summed E-state index contributed by atoms with van der Waals surface area (Å²) in [7, 11) is 0. The lowest BCUT2D eigenvalue weighted by molar-refractivity contribution is -0.145. The molecule has 0 aliphatic heterocycles. The molecule has 0 aromatic carbocycles. The van der Waals surface area contributed by atoms with Gasteiger partial charge in [-0.2, -0.15) is 0 Å². The van der Waals surface area contributed by atoms with Crippen LogP contribution >= 0.6 is 0 Å². The normalized spacial score (nSPS) is 12.2. The first-order valence-corrected chi connectivity index (χ1v) is 5.03. The molecule has 6 heteroatoms. The van der Waals surface area contributed by atoms with E-state index in [1.807, 2.05) is 0 Å². The van der Waals surface area contributed by atoms with Gasteiger partial charge in [0, 0.05) is 13.5 Å². The van der Waals surface area contributed by atoms with Gasteiger partial charge in [0.2, 0.25) is 5.91 Å². The van der Waals surface area contributed by atoms with Crippen molar-refractivity contribution in [3.05, 3.63) is 12.3 Å². The van der Waals surface area contributed by atoms with E-state index in [0.717, 1.165) is 0 Å². The zero-order chi connectivity index (χ0) is 12.4. The quantitative estimate of drug-likeness (QED) is 0.351. The van der Waals surface area contributed by atoms with Crippen LogP contribution in [0.4, 0.5) is 0 Å². The zero-order valence-corrected chi connectivity index (χ0v) is 9.56. The van der Waals surface area contributed by atoms with Gasteiger partial charge in [0.1, 0.15) is 6.04 Å². The summed E-state index contributed by atoms with van der Waals surface area (Å²) in [5.41, 5.74) is 5.21. The smallest absolute Gasteiger partial charge is 0.332 e. The molecule has 0 saturated heterocycles. The van der Waals surface area contributed by atoms with Crippen molar-refractivity contribution < 1.29 is 19.1 Å². The highest BCUT2D eigenvalue weighted by Gasteiger charge is 2.17. The molecule has 3 N–H and O–H groups in total. The number of amides is 1. The number of rotatable bonds is 7. The first-order chi connectivity index (χ1) is 7.61. The van der Waals surface area contributed by atoms with E-state index in [1.54, 1.807) is 6.92 Å². The Bertz CT molecular complexity index is 253. The maximum absolute atomic E-state index is 11.4. The lowest BCUT2D eigenvalue weighted by atomic mass is 10.3. The topological polar surface area (TPSA) is 90.7 Å². The third-order valence-corrected chi connectivity index (χ3v) is 1.50. The predicted octanol–water partition coefficient (Wildman–Crippen LogP) is -0.457. The van der Waals surface area contributed by atoms with Crippen molar-refractivity contribution in [1.82, 2.24) is 5.32 Å². The minimum Gasteiger partial charge on any atom is -0.500 e. The second kappa shape index (κ2) is 8.72. The number of carbonyl (C=O) groups excluding carboxylic acids is 2. The molecule has 0 rings (SSSR count). The molecule has 0 saturated carbocycles. The molecule has 6 nitrogen and oxygen atoms in total. The van der Waals surface area contributed by atoms with Crippen molar-refractivity contribution in [2.75, 3.05) is 19.8 Å². The maximum atomic E-state index is 11.4. The number of hydrogen-bond donors (Lipinski definition) is 2. The molecule has 0 radical (unpaired) electrons. The van der Waals surface area contributed by atoms with Crippen LogP contribution < -0.4 is 11.1 Å². The molecule has 0 aromatic heterocycles. The fourth-order valence-corrected chi connectivity index (χ4v) is 0.907. The summed E-state index contributed by atoms with van der Waals surface area (Å²) in [6.45, 7) is 4.01. The van der Waals surface area contributed by atoms with Crippen LogP contribution in [0.5, 0.6) is 0 Å². The van der Waals surface area contributed by atoms with E-state index in [2.05, 4.69) is 5.32 Å². The summed E-state index contributed by atoms with van der Waals surface area (Å²) in [4.78, 5) is 22.2. The summed E-state index contributed by atoms with van der Waals surface area (Å²) < 4.78 is 9.74. The summed E-state index contributed by atoms with van der Waals surface area (Å²) in [6, 6.07) is -0.824. The molecular weight excluding hydrogens is 212 g/mol. The largest absolute Gasteiger partial charge is 0.500 e. The van der Waals surface area contributed by atoms with Gasteiger partial charge in [0.05, 0.1) is 19.5 Å². The molecule has 0 aliphatic carbocycles. The molecule has 0 aromatic rings. The lowest BCUT2D eigenvalue weighted by Crippen LogP contribution is -2.39. The Kier molecular flexibility index (Phi) is 7.87. The highest BCUT2D eigenvalue weighted by atomic mass is 16.5. The van der Waals surface area contributed by atoms with E-state index in [1.165, 1.54) is 19.3 Å². The van der Waals surface area contributed by atoms with Crippen LogP contribution in [0.3, 0.4) is 0 Å². The molecule has 0 bridgehead atoms. The molecule has 1 atom stereocenters. The van der Waals surface area contributed by atoms with E-state index in [-0.39, 0.29) is 12.5 Å². The van der Waals surface area contributed by atoms with Gasteiger partial charge in [0.15, 0.2) is 0 Å². The Balaban J connectivity index is 4.24. The Morgan fingerprint density at radius 2 is 2.19 bits per heavy atom. The third kappa shape index (κ3) is 6.83. The van der Waals surface area contributed by atoms with Gasteiger partial charge in [-0.1, -0.05) is 0 Å². The van der Waals surface area contributed by atoms with Crippen LogP contribution in [0.25, 0.3) is 0 Å². The summed E-state index contributed by atoms with van der Waals surface area (Å²) in [5.74, 6) is -0.841. The number of esters is 1. The average molecular weight is 230 g/mol. The van der Waals surface area contributed by atoms with Crippen LogP contribution in [-0.2, 0) is 19.1 Å². The fraction of sp³-hybridized carbons (Fsp3) is 0.600. The summed E-state index contributed by atoms with van der Waals surface area (Å²) >= 11 is 0. The van der Waals surface area contributed by atoms with Crippen LogP contribution in [-0.4, -0.2) is 37.7 Å². The molecule has 1 unspecified atom stereocenters.